The Bertz CT molecular complexity index is 390. The molecule has 0 radical (unpaired) electrons. The molecule has 0 heterocycles. The van der Waals surface area contributed by atoms with Crippen molar-refractivity contribution in [3.05, 3.63) is 37.0 Å². The van der Waals surface area contributed by atoms with Crippen LogP contribution in [0, 0.1) is 5.92 Å². The molecule has 0 amide bonds. The standard InChI is InChI=1S/C19H32O3S/c1-6-8-9-10-11-17(20)13-12-15(3)14-16(4)19(22-23)18(7-2)21-5/h6-7,14,16,18-19,23H,1-2,8-13H2,3-5H3/b15-14-/t16?,18-,19-/m0/s1. The maximum absolute atomic E-state index is 11.9. The lowest BCUT2D eigenvalue weighted by Gasteiger charge is -2.25. The van der Waals surface area contributed by atoms with Crippen LogP contribution in [0.25, 0.3) is 0 Å². The number of unbranched alkanes of at least 4 members (excludes halogenated alkanes) is 2. The first-order valence-corrected chi connectivity index (χ1v) is 8.62. The number of Topliss-reactive ketones (excluding diaryl/α,β-unsaturated/α-hetero) is 1. The van der Waals surface area contributed by atoms with Crippen LogP contribution >= 0.6 is 12.9 Å². The number of thiol groups is 1. The summed E-state index contributed by atoms with van der Waals surface area (Å²) in [7, 11) is 1.63. The van der Waals surface area contributed by atoms with E-state index in [0.29, 0.717) is 18.6 Å². The van der Waals surface area contributed by atoms with E-state index in [4.69, 9.17) is 8.92 Å². The third kappa shape index (κ3) is 9.80. The van der Waals surface area contributed by atoms with Crippen LogP contribution in [0.4, 0.5) is 0 Å². The van der Waals surface area contributed by atoms with Crippen LogP contribution < -0.4 is 0 Å². The number of hydrogen-bond donors (Lipinski definition) is 1. The summed E-state index contributed by atoms with van der Waals surface area (Å²) in [5.41, 5.74) is 1.19. The summed E-state index contributed by atoms with van der Waals surface area (Å²) in [6.07, 6.45) is 10.4. The summed E-state index contributed by atoms with van der Waals surface area (Å²) in [6.45, 7) is 11.5. The average molecular weight is 341 g/mol. The molecule has 0 aromatic heterocycles. The maximum Gasteiger partial charge on any atom is 0.133 e. The van der Waals surface area contributed by atoms with Crippen molar-refractivity contribution in [2.45, 2.75) is 64.6 Å². The molecule has 0 aromatic carbocycles. The second kappa shape index (κ2) is 13.6. The van der Waals surface area contributed by atoms with Crippen molar-refractivity contribution in [2.75, 3.05) is 7.11 Å². The zero-order valence-corrected chi connectivity index (χ0v) is 15.7. The van der Waals surface area contributed by atoms with Crippen LogP contribution in [-0.2, 0) is 13.7 Å². The number of rotatable bonds is 14. The molecule has 0 N–H and O–H groups in total. The van der Waals surface area contributed by atoms with E-state index < -0.39 is 0 Å². The van der Waals surface area contributed by atoms with Crippen molar-refractivity contribution in [2.24, 2.45) is 5.92 Å². The molecule has 0 fully saturated rings. The summed E-state index contributed by atoms with van der Waals surface area (Å²) in [6, 6.07) is 0. The molecule has 0 aliphatic rings. The van der Waals surface area contributed by atoms with E-state index in [0.717, 1.165) is 25.7 Å². The monoisotopic (exact) mass is 340 g/mol. The van der Waals surface area contributed by atoms with Crippen LogP contribution in [0.3, 0.4) is 0 Å². The highest BCUT2D eigenvalue weighted by Gasteiger charge is 2.24. The van der Waals surface area contributed by atoms with Gasteiger partial charge in [-0.3, -0.25) is 4.79 Å². The number of carbonyl (C=O) groups is 1. The molecule has 0 saturated heterocycles. The SMILES string of the molecule is C=CCCCCC(=O)CC/C(C)=C\C(C)[C@H](OS)[C@H](C=C)OC. The predicted octanol–water partition coefficient (Wildman–Crippen LogP) is 5.10. The fourth-order valence-electron chi connectivity index (χ4n) is 2.52. The van der Waals surface area contributed by atoms with Crippen LogP contribution in [0.2, 0.25) is 0 Å². The molecule has 0 aliphatic carbocycles. The highest BCUT2D eigenvalue weighted by Crippen LogP contribution is 2.20. The molecule has 3 atom stereocenters. The van der Waals surface area contributed by atoms with Crippen molar-refractivity contribution in [1.82, 2.24) is 0 Å². The fourth-order valence-corrected chi connectivity index (χ4v) is 2.83. The van der Waals surface area contributed by atoms with E-state index in [1.807, 2.05) is 13.0 Å². The van der Waals surface area contributed by atoms with Gasteiger partial charge in [0.1, 0.15) is 18.0 Å². The number of carbonyl (C=O) groups excluding carboxylic acids is 1. The van der Waals surface area contributed by atoms with Gasteiger partial charge >= 0.3 is 0 Å². The lowest BCUT2D eigenvalue weighted by Crippen LogP contribution is -2.32. The van der Waals surface area contributed by atoms with Gasteiger partial charge < -0.3 is 8.92 Å². The third-order valence-electron chi connectivity index (χ3n) is 3.93. The Morgan fingerprint density at radius 1 is 1.22 bits per heavy atom. The molecular formula is C19H32O3S. The van der Waals surface area contributed by atoms with Gasteiger partial charge in [0, 0.05) is 25.9 Å². The number of methoxy groups -OCH3 is 1. The minimum Gasteiger partial charge on any atom is -0.375 e. The number of allylic oxidation sites excluding steroid dienone is 2. The molecule has 1 unspecified atom stereocenters. The van der Waals surface area contributed by atoms with E-state index in [9.17, 15) is 4.79 Å². The zero-order chi connectivity index (χ0) is 17.7. The molecule has 0 saturated carbocycles. The first-order valence-electron chi connectivity index (χ1n) is 8.25. The Morgan fingerprint density at radius 2 is 1.91 bits per heavy atom. The Morgan fingerprint density at radius 3 is 2.43 bits per heavy atom. The molecule has 0 rings (SSSR count). The molecule has 0 aliphatic heterocycles. The predicted molar refractivity (Wildman–Crippen MR) is 101 cm³/mol. The zero-order valence-electron chi connectivity index (χ0n) is 14.8. The van der Waals surface area contributed by atoms with E-state index in [2.05, 4.69) is 39.1 Å². The van der Waals surface area contributed by atoms with Gasteiger partial charge in [-0.25, -0.2) is 0 Å². The van der Waals surface area contributed by atoms with Crippen molar-refractivity contribution in [3.8, 4) is 0 Å². The highest BCUT2D eigenvalue weighted by atomic mass is 32.1. The summed E-state index contributed by atoms with van der Waals surface area (Å²) < 4.78 is 10.6. The van der Waals surface area contributed by atoms with E-state index in [-0.39, 0.29) is 18.1 Å². The summed E-state index contributed by atoms with van der Waals surface area (Å²) in [5, 5.41) is 0. The maximum atomic E-state index is 11.9. The van der Waals surface area contributed by atoms with Gasteiger partial charge in [0.2, 0.25) is 0 Å². The Hall–Kier alpha value is -0.840. The number of hydrogen-bond acceptors (Lipinski definition) is 4. The lowest BCUT2D eigenvalue weighted by molar-refractivity contribution is -0.119. The van der Waals surface area contributed by atoms with Gasteiger partial charge in [0.15, 0.2) is 0 Å². The average Bonchev–Trinajstić information content (AvgIpc) is 2.54. The Balaban J connectivity index is 4.33. The van der Waals surface area contributed by atoms with Crippen LogP contribution in [0.5, 0.6) is 0 Å². The minimum atomic E-state index is -0.210. The van der Waals surface area contributed by atoms with E-state index in [1.165, 1.54) is 5.57 Å². The second-order valence-electron chi connectivity index (χ2n) is 5.95. The summed E-state index contributed by atoms with van der Waals surface area (Å²) >= 11 is 3.95. The molecule has 132 valence electrons. The Kier molecular flexibility index (Phi) is 13.1. The van der Waals surface area contributed by atoms with Gasteiger partial charge in [-0.2, -0.15) is 0 Å². The summed E-state index contributed by atoms with van der Waals surface area (Å²) in [5.74, 6) is 0.454. The molecular weight excluding hydrogens is 308 g/mol. The van der Waals surface area contributed by atoms with Gasteiger partial charge in [0.25, 0.3) is 0 Å². The molecule has 4 heteroatoms. The topological polar surface area (TPSA) is 35.5 Å². The van der Waals surface area contributed by atoms with Crippen molar-refractivity contribution >= 4 is 18.7 Å². The second-order valence-corrected chi connectivity index (χ2v) is 6.16. The fraction of sp³-hybridized carbons (Fsp3) is 0.632. The van der Waals surface area contributed by atoms with Crippen LogP contribution in [0.15, 0.2) is 37.0 Å². The number of ether oxygens (including phenoxy) is 1. The van der Waals surface area contributed by atoms with Crippen LogP contribution in [-0.4, -0.2) is 25.1 Å². The van der Waals surface area contributed by atoms with Gasteiger partial charge in [-0.1, -0.05) is 30.7 Å². The normalized spacial score (nSPS) is 15.7. The lowest BCUT2D eigenvalue weighted by atomic mass is 9.95. The van der Waals surface area contributed by atoms with Crippen molar-refractivity contribution < 1.29 is 13.7 Å². The minimum absolute atomic E-state index is 0.123. The van der Waals surface area contributed by atoms with Gasteiger partial charge in [0.05, 0.1) is 0 Å². The van der Waals surface area contributed by atoms with Crippen molar-refractivity contribution in [3.63, 3.8) is 0 Å². The molecule has 23 heavy (non-hydrogen) atoms. The highest BCUT2D eigenvalue weighted by molar-refractivity contribution is 7.75. The first-order chi connectivity index (χ1) is 11.0. The smallest absolute Gasteiger partial charge is 0.133 e. The summed E-state index contributed by atoms with van der Waals surface area (Å²) in [4.78, 5) is 11.9. The molecule has 0 aromatic rings. The van der Waals surface area contributed by atoms with Crippen LogP contribution in [0.1, 0.15) is 52.4 Å². The quantitative estimate of drug-likeness (QED) is 0.207. The molecule has 0 bridgehead atoms. The Labute approximate surface area is 147 Å². The van der Waals surface area contributed by atoms with Gasteiger partial charge in [-0.05, 0) is 45.5 Å². The first kappa shape index (κ1) is 22.2. The van der Waals surface area contributed by atoms with Gasteiger partial charge in [-0.15, -0.1) is 13.2 Å². The third-order valence-corrected chi connectivity index (χ3v) is 4.17. The van der Waals surface area contributed by atoms with Crippen molar-refractivity contribution in [1.29, 1.82) is 0 Å². The largest absolute Gasteiger partial charge is 0.375 e. The van der Waals surface area contributed by atoms with E-state index >= 15 is 0 Å². The molecule has 0 spiro atoms. The number of ketones is 1. The van der Waals surface area contributed by atoms with E-state index in [1.54, 1.807) is 13.2 Å². The molecule has 3 nitrogen and oxygen atoms in total.